The normalized spacial score (nSPS) is 27.2. The van der Waals surface area contributed by atoms with Gasteiger partial charge in [-0.25, -0.2) is 0 Å². The van der Waals surface area contributed by atoms with Crippen molar-refractivity contribution in [3.8, 4) is 0 Å². The Balaban J connectivity index is 2.64. The molecule has 0 aromatic heterocycles. The first-order chi connectivity index (χ1) is 6.42. The van der Waals surface area contributed by atoms with Crippen LogP contribution in [0.4, 0.5) is 0 Å². The monoisotopic (exact) mass is 199 g/mol. The van der Waals surface area contributed by atoms with Crippen molar-refractivity contribution in [2.45, 2.75) is 65.0 Å². The fourth-order valence-corrected chi connectivity index (χ4v) is 2.37. The van der Waals surface area contributed by atoms with Gasteiger partial charge in [0, 0.05) is 12.6 Å². The van der Waals surface area contributed by atoms with E-state index in [2.05, 4.69) is 27.7 Å². The molecule has 2 nitrogen and oxygen atoms in total. The molecule has 2 N–H and O–H groups in total. The smallest absolute Gasteiger partial charge is 0.0830 e. The Morgan fingerprint density at radius 3 is 2.07 bits per heavy atom. The summed E-state index contributed by atoms with van der Waals surface area (Å²) in [5.74, 6) is 0. The zero-order chi connectivity index (χ0) is 10.8. The predicted octanol–water partition coefficient (Wildman–Crippen LogP) is 2.71. The van der Waals surface area contributed by atoms with E-state index in [9.17, 15) is 0 Å². The van der Waals surface area contributed by atoms with E-state index in [0.29, 0.717) is 5.41 Å². The van der Waals surface area contributed by atoms with Gasteiger partial charge in [-0.1, -0.05) is 13.8 Å². The van der Waals surface area contributed by atoms with Crippen LogP contribution in [0.15, 0.2) is 0 Å². The van der Waals surface area contributed by atoms with Crippen molar-refractivity contribution in [1.82, 2.24) is 0 Å². The quantitative estimate of drug-likeness (QED) is 0.758. The van der Waals surface area contributed by atoms with Gasteiger partial charge in [0.15, 0.2) is 0 Å². The molecule has 1 fully saturated rings. The molecule has 0 radical (unpaired) electrons. The number of hydrogen-bond donors (Lipinski definition) is 1. The Hall–Kier alpha value is -0.0800. The van der Waals surface area contributed by atoms with Gasteiger partial charge < -0.3 is 10.5 Å². The number of ether oxygens (including phenoxy) is 1. The summed E-state index contributed by atoms with van der Waals surface area (Å²) in [5, 5.41) is 0. The third-order valence-electron chi connectivity index (χ3n) is 3.71. The van der Waals surface area contributed by atoms with Gasteiger partial charge in [0.25, 0.3) is 0 Å². The molecule has 2 heteroatoms. The summed E-state index contributed by atoms with van der Waals surface area (Å²) < 4.78 is 5.90. The van der Waals surface area contributed by atoms with Crippen LogP contribution in [0.5, 0.6) is 0 Å². The first-order valence-electron chi connectivity index (χ1n) is 5.81. The summed E-state index contributed by atoms with van der Waals surface area (Å²) in [7, 11) is 0. The maximum absolute atomic E-state index is 6.05. The van der Waals surface area contributed by atoms with Crippen LogP contribution >= 0.6 is 0 Å². The second-order valence-electron chi connectivity index (χ2n) is 5.45. The highest BCUT2D eigenvalue weighted by atomic mass is 16.5. The van der Waals surface area contributed by atoms with E-state index < -0.39 is 0 Å². The van der Waals surface area contributed by atoms with Crippen molar-refractivity contribution >= 4 is 0 Å². The summed E-state index contributed by atoms with van der Waals surface area (Å²) in [5.41, 5.74) is 6.50. The molecule has 0 amide bonds. The van der Waals surface area contributed by atoms with E-state index in [1.165, 1.54) is 12.8 Å². The Labute approximate surface area is 88.2 Å². The molecule has 0 spiro atoms. The summed E-state index contributed by atoms with van der Waals surface area (Å²) in [4.78, 5) is 0. The highest BCUT2D eigenvalue weighted by molar-refractivity contribution is 4.95. The maximum Gasteiger partial charge on any atom is 0.0830 e. The summed E-state index contributed by atoms with van der Waals surface area (Å²) in [6, 6.07) is 0.151. The van der Waals surface area contributed by atoms with Gasteiger partial charge in [-0.3, -0.25) is 0 Å². The average molecular weight is 199 g/mol. The molecule has 0 bridgehead atoms. The molecular formula is C12H25NO. The fourth-order valence-electron chi connectivity index (χ4n) is 2.37. The van der Waals surface area contributed by atoms with Crippen LogP contribution in [0.25, 0.3) is 0 Å². The van der Waals surface area contributed by atoms with Crippen molar-refractivity contribution in [1.29, 1.82) is 0 Å². The van der Waals surface area contributed by atoms with E-state index in [4.69, 9.17) is 10.5 Å². The molecule has 0 saturated heterocycles. The van der Waals surface area contributed by atoms with Crippen molar-refractivity contribution < 1.29 is 4.74 Å². The molecule has 1 unspecified atom stereocenters. The Kier molecular flexibility index (Phi) is 3.59. The zero-order valence-electron chi connectivity index (χ0n) is 10.1. The minimum Gasteiger partial charge on any atom is -0.374 e. The molecule has 14 heavy (non-hydrogen) atoms. The highest BCUT2D eigenvalue weighted by Gasteiger charge is 2.41. The van der Waals surface area contributed by atoms with Crippen LogP contribution < -0.4 is 5.73 Å². The molecule has 0 aromatic rings. The largest absolute Gasteiger partial charge is 0.374 e. The summed E-state index contributed by atoms with van der Waals surface area (Å²) in [6.07, 6.45) is 4.69. The third kappa shape index (κ3) is 2.48. The molecule has 0 heterocycles. The number of nitrogens with two attached hydrogens (primary N) is 1. The fraction of sp³-hybridized carbons (Fsp3) is 1.00. The predicted molar refractivity (Wildman–Crippen MR) is 60.3 cm³/mol. The van der Waals surface area contributed by atoms with E-state index in [-0.39, 0.29) is 11.6 Å². The number of rotatable bonds is 3. The van der Waals surface area contributed by atoms with Crippen LogP contribution in [-0.2, 0) is 4.74 Å². The van der Waals surface area contributed by atoms with E-state index in [0.717, 1.165) is 19.4 Å². The topological polar surface area (TPSA) is 35.2 Å². The van der Waals surface area contributed by atoms with Crippen molar-refractivity contribution in [3.05, 3.63) is 0 Å². The Morgan fingerprint density at radius 1 is 1.21 bits per heavy atom. The molecule has 0 aromatic carbocycles. The van der Waals surface area contributed by atoms with E-state index in [1.807, 2.05) is 0 Å². The Morgan fingerprint density at radius 2 is 1.71 bits per heavy atom. The standard InChI is InChI=1S/C12H25NO/c1-5-14-12(10(2)13)8-6-11(3,4)7-9-12/h10H,5-9,13H2,1-4H3. The summed E-state index contributed by atoms with van der Waals surface area (Å²) >= 11 is 0. The maximum atomic E-state index is 6.05. The van der Waals surface area contributed by atoms with Crippen LogP contribution in [-0.4, -0.2) is 18.2 Å². The molecule has 1 saturated carbocycles. The van der Waals surface area contributed by atoms with Gasteiger partial charge in [0.1, 0.15) is 0 Å². The second kappa shape index (κ2) is 4.19. The molecule has 0 aliphatic heterocycles. The van der Waals surface area contributed by atoms with Gasteiger partial charge in [-0.15, -0.1) is 0 Å². The lowest BCUT2D eigenvalue weighted by atomic mass is 9.69. The minimum atomic E-state index is -0.0374. The van der Waals surface area contributed by atoms with Gasteiger partial charge in [0.2, 0.25) is 0 Å². The van der Waals surface area contributed by atoms with Crippen LogP contribution in [0.2, 0.25) is 0 Å². The van der Waals surface area contributed by atoms with Gasteiger partial charge >= 0.3 is 0 Å². The average Bonchev–Trinajstić information content (AvgIpc) is 2.09. The molecular weight excluding hydrogens is 174 g/mol. The molecule has 1 rings (SSSR count). The van der Waals surface area contributed by atoms with Crippen molar-refractivity contribution in [3.63, 3.8) is 0 Å². The van der Waals surface area contributed by atoms with Crippen LogP contribution in [0.1, 0.15) is 53.4 Å². The van der Waals surface area contributed by atoms with E-state index in [1.54, 1.807) is 0 Å². The lowest BCUT2D eigenvalue weighted by Crippen LogP contribution is -2.51. The second-order valence-corrected chi connectivity index (χ2v) is 5.45. The third-order valence-corrected chi connectivity index (χ3v) is 3.71. The van der Waals surface area contributed by atoms with Crippen molar-refractivity contribution in [2.24, 2.45) is 11.1 Å². The van der Waals surface area contributed by atoms with Gasteiger partial charge in [-0.05, 0) is 44.9 Å². The summed E-state index contributed by atoms with van der Waals surface area (Å²) in [6.45, 7) is 9.59. The molecule has 1 aliphatic rings. The minimum absolute atomic E-state index is 0.0374. The number of hydrogen-bond acceptors (Lipinski definition) is 2. The van der Waals surface area contributed by atoms with Crippen LogP contribution in [0.3, 0.4) is 0 Å². The van der Waals surface area contributed by atoms with Gasteiger partial charge in [0.05, 0.1) is 5.60 Å². The lowest BCUT2D eigenvalue weighted by Gasteiger charge is -2.45. The lowest BCUT2D eigenvalue weighted by molar-refractivity contribution is -0.0955. The molecule has 84 valence electrons. The van der Waals surface area contributed by atoms with Gasteiger partial charge in [-0.2, -0.15) is 0 Å². The van der Waals surface area contributed by atoms with Crippen LogP contribution in [0, 0.1) is 5.41 Å². The molecule has 1 aliphatic carbocycles. The Bertz CT molecular complexity index is 177. The van der Waals surface area contributed by atoms with E-state index >= 15 is 0 Å². The first-order valence-corrected chi connectivity index (χ1v) is 5.81. The highest BCUT2D eigenvalue weighted by Crippen LogP contribution is 2.43. The van der Waals surface area contributed by atoms with Crippen molar-refractivity contribution in [2.75, 3.05) is 6.61 Å². The zero-order valence-corrected chi connectivity index (χ0v) is 10.1. The first kappa shape index (κ1) is 12.0. The molecule has 1 atom stereocenters. The SMILES string of the molecule is CCOC1(C(C)N)CCC(C)(C)CC1.